The minimum absolute atomic E-state index is 0.205. The maximum atomic E-state index is 12.8. The zero-order chi connectivity index (χ0) is 18.6. The lowest BCUT2D eigenvalue weighted by Gasteiger charge is -2.18. The van der Waals surface area contributed by atoms with Crippen LogP contribution in [0, 0.1) is 12.8 Å². The number of benzene rings is 1. The summed E-state index contributed by atoms with van der Waals surface area (Å²) in [6.07, 6.45) is 0.462. The number of aromatic nitrogens is 1. The number of nitrogens with zero attached hydrogens (tertiary/aromatic N) is 1. The number of rotatable bonds is 6. The van der Waals surface area contributed by atoms with Crippen LogP contribution in [-0.4, -0.2) is 30.2 Å². The van der Waals surface area contributed by atoms with Gasteiger partial charge in [-0.05, 0) is 25.3 Å². The standard InChI is InChI=1S/C18H21ClN2O4/c1-10(2)9-14(18(23)24-4)20-17(22)15-11(3)25-21-16(15)12-7-5-6-8-13(12)19/h5-8,10,14H,9H2,1-4H3,(H,20,22)/t14-/m1/s1. The van der Waals surface area contributed by atoms with E-state index in [1.54, 1.807) is 31.2 Å². The summed E-state index contributed by atoms with van der Waals surface area (Å²) in [5, 5.41) is 7.14. The maximum Gasteiger partial charge on any atom is 0.328 e. The number of carbonyl (C=O) groups is 2. The Morgan fingerprint density at radius 3 is 2.60 bits per heavy atom. The Morgan fingerprint density at radius 2 is 2.00 bits per heavy atom. The van der Waals surface area contributed by atoms with E-state index in [0.29, 0.717) is 28.5 Å². The van der Waals surface area contributed by atoms with Gasteiger partial charge in [0.05, 0.1) is 12.1 Å². The molecule has 1 amide bonds. The van der Waals surface area contributed by atoms with Gasteiger partial charge in [0.2, 0.25) is 0 Å². The first kappa shape index (κ1) is 19.0. The van der Waals surface area contributed by atoms with Crippen LogP contribution >= 0.6 is 11.6 Å². The summed E-state index contributed by atoms with van der Waals surface area (Å²) < 4.78 is 9.97. The molecule has 0 fully saturated rings. The second-order valence-corrected chi connectivity index (χ2v) is 6.53. The summed E-state index contributed by atoms with van der Waals surface area (Å²) in [7, 11) is 1.29. The lowest BCUT2D eigenvalue weighted by atomic mass is 10.0. The number of ether oxygens (including phenoxy) is 1. The van der Waals surface area contributed by atoms with Crippen LogP contribution in [0.5, 0.6) is 0 Å². The number of esters is 1. The number of hydrogen-bond acceptors (Lipinski definition) is 5. The van der Waals surface area contributed by atoms with Crippen molar-refractivity contribution in [1.29, 1.82) is 0 Å². The molecule has 1 atom stereocenters. The molecule has 0 aliphatic carbocycles. The smallest absolute Gasteiger partial charge is 0.328 e. The molecule has 1 aromatic heterocycles. The van der Waals surface area contributed by atoms with E-state index in [2.05, 4.69) is 10.5 Å². The first-order valence-corrected chi connectivity index (χ1v) is 8.32. The largest absolute Gasteiger partial charge is 0.467 e. The Hall–Kier alpha value is -2.34. The van der Waals surface area contributed by atoms with Crippen LogP contribution in [0.25, 0.3) is 11.3 Å². The van der Waals surface area contributed by atoms with Crippen molar-refractivity contribution >= 4 is 23.5 Å². The predicted molar refractivity (Wildman–Crippen MR) is 94.4 cm³/mol. The van der Waals surface area contributed by atoms with Crippen LogP contribution in [0.3, 0.4) is 0 Å². The van der Waals surface area contributed by atoms with Gasteiger partial charge in [-0.25, -0.2) is 4.79 Å². The number of halogens is 1. The Kier molecular flexibility index (Phi) is 6.20. The summed E-state index contributed by atoms with van der Waals surface area (Å²) in [5.74, 6) is -0.392. The van der Waals surface area contributed by atoms with E-state index >= 15 is 0 Å². The number of nitrogens with one attached hydrogen (secondary N) is 1. The molecule has 0 spiro atoms. The number of carbonyl (C=O) groups excluding carboxylic acids is 2. The van der Waals surface area contributed by atoms with E-state index < -0.39 is 17.9 Å². The average Bonchev–Trinajstić information content (AvgIpc) is 2.95. The fraction of sp³-hybridized carbons (Fsp3) is 0.389. The molecule has 1 N–H and O–H groups in total. The molecule has 6 nitrogen and oxygen atoms in total. The number of hydrogen-bond donors (Lipinski definition) is 1. The second-order valence-electron chi connectivity index (χ2n) is 6.12. The third-order valence-corrected chi connectivity index (χ3v) is 4.05. The molecule has 1 heterocycles. The quantitative estimate of drug-likeness (QED) is 0.791. The molecule has 0 unspecified atom stereocenters. The normalized spacial score (nSPS) is 12.1. The maximum absolute atomic E-state index is 12.8. The molecule has 0 radical (unpaired) electrons. The van der Waals surface area contributed by atoms with Gasteiger partial charge in [0.15, 0.2) is 0 Å². The van der Waals surface area contributed by atoms with E-state index in [0.717, 1.165) is 0 Å². The number of amides is 1. The monoisotopic (exact) mass is 364 g/mol. The van der Waals surface area contributed by atoms with Crippen LogP contribution in [0.2, 0.25) is 5.02 Å². The molecule has 0 aliphatic rings. The highest BCUT2D eigenvalue weighted by molar-refractivity contribution is 6.33. The van der Waals surface area contributed by atoms with E-state index in [9.17, 15) is 9.59 Å². The van der Waals surface area contributed by atoms with Gasteiger partial charge in [-0.2, -0.15) is 0 Å². The van der Waals surface area contributed by atoms with Crippen molar-refractivity contribution in [2.75, 3.05) is 7.11 Å². The molecule has 0 aliphatic heterocycles. The molecular formula is C18H21ClN2O4. The Balaban J connectivity index is 2.35. The summed E-state index contributed by atoms with van der Waals surface area (Å²) in [6.45, 7) is 5.56. The molecule has 2 aromatic rings. The Morgan fingerprint density at radius 1 is 1.32 bits per heavy atom. The van der Waals surface area contributed by atoms with Gasteiger partial charge in [-0.1, -0.05) is 48.8 Å². The first-order chi connectivity index (χ1) is 11.8. The predicted octanol–water partition coefficient (Wildman–Crippen LogP) is 3.62. The lowest BCUT2D eigenvalue weighted by Crippen LogP contribution is -2.42. The molecular weight excluding hydrogens is 344 g/mol. The Bertz CT molecular complexity index is 770. The third-order valence-electron chi connectivity index (χ3n) is 3.72. The number of methoxy groups -OCH3 is 1. The second kappa shape index (κ2) is 8.16. The Labute approximate surface area is 151 Å². The SMILES string of the molecule is COC(=O)[C@@H](CC(C)C)NC(=O)c1c(-c2ccccc2Cl)noc1C. The van der Waals surface area contributed by atoms with Crippen molar-refractivity contribution in [3.05, 3.63) is 40.6 Å². The highest BCUT2D eigenvalue weighted by Crippen LogP contribution is 2.31. The molecule has 2 rings (SSSR count). The van der Waals surface area contributed by atoms with Crippen molar-refractivity contribution in [3.8, 4) is 11.3 Å². The molecule has 0 saturated carbocycles. The molecule has 0 saturated heterocycles. The summed E-state index contributed by atoms with van der Waals surface area (Å²) in [5.41, 5.74) is 1.18. The van der Waals surface area contributed by atoms with Gasteiger partial charge in [0, 0.05) is 5.56 Å². The van der Waals surface area contributed by atoms with Gasteiger partial charge in [-0.3, -0.25) is 4.79 Å². The highest BCUT2D eigenvalue weighted by Gasteiger charge is 2.28. The van der Waals surface area contributed by atoms with Crippen LogP contribution in [0.4, 0.5) is 0 Å². The molecule has 0 bridgehead atoms. The summed E-state index contributed by atoms with van der Waals surface area (Å²) in [6, 6.07) is 6.30. The zero-order valence-electron chi connectivity index (χ0n) is 14.6. The van der Waals surface area contributed by atoms with Gasteiger partial charge in [0.1, 0.15) is 23.1 Å². The van der Waals surface area contributed by atoms with Gasteiger partial charge in [0.25, 0.3) is 5.91 Å². The zero-order valence-corrected chi connectivity index (χ0v) is 15.4. The first-order valence-electron chi connectivity index (χ1n) is 7.95. The van der Waals surface area contributed by atoms with Gasteiger partial charge >= 0.3 is 5.97 Å². The van der Waals surface area contributed by atoms with E-state index in [4.69, 9.17) is 20.9 Å². The van der Waals surface area contributed by atoms with Crippen LogP contribution in [0.1, 0.15) is 36.4 Å². The molecule has 7 heteroatoms. The summed E-state index contributed by atoms with van der Waals surface area (Å²) >= 11 is 6.20. The van der Waals surface area contributed by atoms with E-state index in [1.165, 1.54) is 7.11 Å². The third kappa shape index (κ3) is 4.39. The highest BCUT2D eigenvalue weighted by atomic mass is 35.5. The van der Waals surface area contributed by atoms with E-state index in [1.807, 2.05) is 13.8 Å². The molecule has 1 aromatic carbocycles. The summed E-state index contributed by atoms with van der Waals surface area (Å²) in [4.78, 5) is 24.7. The lowest BCUT2D eigenvalue weighted by molar-refractivity contribution is -0.143. The average molecular weight is 365 g/mol. The van der Waals surface area contributed by atoms with Crippen molar-refractivity contribution < 1.29 is 18.8 Å². The van der Waals surface area contributed by atoms with Gasteiger partial charge in [-0.15, -0.1) is 0 Å². The van der Waals surface area contributed by atoms with Crippen LogP contribution in [0.15, 0.2) is 28.8 Å². The minimum Gasteiger partial charge on any atom is -0.467 e. The van der Waals surface area contributed by atoms with Crippen molar-refractivity contribution in [1.82, 2.24) is 10.5 Å². The van der Waals surface area contributed by atoms with Crippen molar-refractivity contribution in [2.45, 2.75) is 33.2 Å². The van der Waals surface area contributed by atoms with Crippen LogP contribution in [-0.2, 0) is 9.53 Å². The minimum atomic E-state index is -0.745. The number of aryl methyl sites for hydroxylation is 1. The van der Waals surface area contributed by atoms with Gasteiger partial charge < -0.3 is 14.6 Å². The molecule has 25 heavy (non-hydrogen) atoms. The fourth-order valence-corrected chi connectivity index (χ4v) is 2.76. The molecule has 134 valence electrons. The van der Waals surface area contributed by atoms with Crippen LogP contribution < -0.4 is 5.32 Å². The van der Waals surface area contributed by atoms with E-state index in [-0.39, 0.29) is 11.5 Å². The van der Waals surface area contributed by atoms with Crippen molar-refractivity contribution in [2.24, 2.45) is 5.92 Å². The fourth-order valence-electron chi connectivity index (χ4n) is 2.53. The van der Waals surface area contributed by atoms with Crippen molar-refractivity contribution in [3.63, 3.8) is 0 Å². The topological polar surface area (TPSA) is 81.4 Å².